The Hall–Kier alpha value is -2.54. The first-order valence-electron chi connectivity index (χ1n) is 5.63. The molecule has 100 valence electrons. The van der Waals surface area contributed by atoms with Gasteiger partial charge in [0.2, 0.25) is 21.4 Å². The number of carbonyl (C=O) groups is 1. The molecule has 0 unspecified atom stereocenters. The van der Waals surface area contributed by atoms with Crippen LogP contribution in [0.15, 0.2) is 52.5 Å². The molecule has 0 amide bonds. The number of aromatic nitrogens is 2. The molecule has 0 spiro atoms. The van der Waals surface area contributed by atoms with Crippen molar-refractivity contribution in [2.24, 2.45) is 0 Å². The molecule has 7 heteroatoms. The minimum atomic E-state index is -4.04. The summed E-state index contributed by atoms with van der Waals surface area (Å²) in [5, 5.41) is 10.0. The number of aliphatic hydroxyl groups is 1. The van der Waals surface area contributed by atoms with Crippen LogP contribution in [0, 0.1) is 0 Å². The van der Waals surface area contributed by atoms with E-state index in [1.54, 1.807) is 6.07 Å². The number of rotatable bonds is 2. The van der Waals surface area contributed by atoms with E-state index in [0.717, 1.165) is 0 Å². The van der Waals surface area contributed by atoms with Gasteiger partial charge < -0.3 is 5.11 Å². The molecule has 0 atom stereocenters. The number of nitrogens with zero attached hydrogens (tertiary/aromatic N) is 2. The van der Waals surface area contributed by atoms with Crippen LogP contribution in [0.25, 0.3) is 5.76 Å². The lowest BCUT2D eigenvalue weighted by Gasteiger charge is -2.01. The van der Waals surface area contributed by atoms with E-state index in [9.17, 15) is 18.3 Å². The van der Waals surface area contributed by atoms with Crippen LogP contribution in [-0.4, -0.2) is 29.3 Å². The largest absolute Gasteiger partial charge is 0.506 e. The third-order valence-electron chi connectivity index (χ3n) is 2.89. The van der Waals surface area contributed by atoms with Crippen molar-refractivity contribution in [1.82, 2.24) is 9.97 Å². The number of hydrogen-bond acceptors (Lipinski definition) is 6. The molecule has 1 aliphatic heterocycles. The minimum absolute atomic E-state index is 0.0863. The summed E-state index contributed by atoms with van der Waals surface area (Å²) in [5.41, 5.74) is 0.117. The lowest BCUT2D eigenvalue weighted by molar-refractivity contribution is 0.103. The molecule has 1 N–H and O–H groups in total. The Kier molecular flexibility index (Phi) is 2.65. The second-order valence-electron chi connectivity index (χ2n) is 4.08. The first-order valence-corrected chi connectivity index (χ1v) is 7.11. The molecule has 0 fully saturated rings. The molecular formula is C13H8N2O4S. The highest BCUT2D eigenvalue weighted by molar-refractivity contribution is 7.97. The van der Waals surface area contributed by atoms with Crippen molar-refractivity contribution < 1.29 is 18.3 Å². The molecule has 0 saturated heterocycles. The van der Waals surface area contributed by atoms with Gasteiger partial charge in [0.25, 0.3) is 0 Å². The number of fused-ring (bicyclic) bond motifs is 1. The van der Waals surface area contributed by atoms with Crippen LogP contribution in [0.1, 0.15) is 16.2 Å². The van der Waals surface area contributed by atoms with Crippen LogP contribution in [0.4, 0.5) is 0 Å². The average molecular weight is 288 g/mol. The summed E-state index contributed by atoms with van der Waals surface area (Å²) in [6.07, 6.45) is 2.65. The van der Waals surface area contributed by atoms with Crippen LogP contribution in [0.3, 0.4) is 0 Å². The van der Waals surface area contributed by atoms with Gasteiger partial charge in [0.05, 0.1) is 4.90 Å². The Morgan fingerprint density at radius 3 is 2.35 bits per heavy atom. The van der Waals surface area contributed by atoms with Gasteiger partial charge in [-0.15, -0.1) is 0 Å². The molecule has 0 aliphatic carbocycles. The summed E-state index contributed by atoms with van der Waals surface area (Å²) in [6, 6.07) is 7.39. The zero-order valence-electron chi connectivity index (χ0n) is 10.0. The Balaban J connectivity index is 2.22. The van der Waals surface area contributed by atoms with Gasteiger partial charge in [-0.05, 0) is 18.2 Å². The first kappa shape index (κ1) is 12.5. The van der Waals surface area contributed by atoms with Crippen LogP contribution >= 0.6 is 0 Å². The van der Waals surface area contributed by atoms with Crippen molar-refractivity contribution in [3.63, 3.8) is 0 Å². The van der Waals surface area contributed by atoms with E-state index in [1.165, 1.54) is 36.7 Å². The Morgan fingerprint density at radius 1 is 1.05 bits per heavy atom. The molecule has 2 aromatic rings. The topological polar surface area (TPSA) is 97.2 Å². The zero-order chi connectivity index (χ0) is 14.3. The smallest absolute Gasteiger partial charge is 0.245 e. The van der Waals surface area contributed by atoms with E-state index in [-0.39, 0.29) is 16.3 Å². The zero-order valence-corrected chi connectivity index (χ0v) is 10.8. The summed E-state index contributed by atoms with van der Waals surface area (Å²) >= 11 is 0. The van der Waals surface area contributed by atoms with E-state index in [2.05, 4.69) is 9.97 Å². The number of carbonyl (C=O) groups excluding carboxylic acids is 1. The van der Waals surface area contributed by atoms with Gasteiger partial charge in [-0.2, -0.15) is 0 Å². The highest BCUT2D eigenvalue weighted by Crippen LogP contribution is 2.38. The molecule has 1 aromatic heterocycles. The molecule has 1 aromatic carbocycles. The third kappa shape index (κ3) is 1.64. The van der Waals surface area contributed by atoms with Crippen molar-refractivity contribution in [3.05, 3.63) is 59.0 Å². The normalized spacial score (nSPS) is 16.0. The van der Waals surface area contributed by atoms with E-state index >= 15 is 0 Å². The predicted octanol–water partition coefficient (Wildman–Crippen LogP) is 1.37. The highest BCUT2D eigenvalue weighted by Gasteiger charge is 2.41. The van der Waals surface area contributed by atoms with Gasteiger partial charge in [0.1, 0.15) is 5.76 Å². The second kappa shape index (κ2) is 4.24. The van der Waals surface area contributed by atoms with Crippen LogP contribution in [0.5, 0.6) is 0 Å². The Morgan fingerprint density at radius 2 is 1.70 bits per heavy atom. The summed E-state index contributed by atoms with van der Waals surface area (Å²) in [4.78, 5) is 18.9. The van der Waals surface area contributed by atoms with Gasteiger partial charge in [-0.25, -0.2) is 18.4 Å². The number of Topliss-reactive ketones (excluding diaryl/α,β-unsaturated/α-hetero) is 1. The van der Waals surface area contributed by atoms with Crippen molar-refractivity contribution >= 4 is 21.4 Å². The van der Waals surface area contributed by atoms with Gasteiger partial charge in [0.15, 0.2) is 4.91 Å². The highest BCUT2D eigenvalue weighted by atomic mass is 32.2. The number of aliphatic hydroxyl groups excluding tert-OH is 1. The number of benzene rings is 1. The SMILES string of the molecule is O=C(C1=C(O)c2ccccc2S1(=O)=O)c1ncccn1. The van der Waals surface area contributed by atoms with E-state index in [1.807, 2.05) is 0 Å². The fourth-order valence-electron chi connectivity index (χ4n) is 2.00. The van der Waals surface area contributed by atoms with Crippen LogP contribution in [0.2, 0.25) is 0 Å². The molecule has 0 saturated carbocycles. The summed E-state index contributed by atoms with van der Waals surface area (Å²) in [7, 11) is -4.04. The quantitative estimate of drug-likeness (QED) is 0.838. The molecule has 2 heterocycles. The van der Waals surface area contributed by atoms with E-state index in [0.29, 0.717) is 0 Å². The summed E-state index contributed by atoms with van der Waals surface area (Å²) in [6.45, 7) is 0. The van der Waals surface area contributed by atoms with Crippen LogP contribution in [-0.2, 0) is 9.84 Å². The van der Waals surface area contributed by atoms with Gasteiger partial charge >= 0.3 is 0 Å². The fourth-order valence-corrected chi connectivity index (χ4v) is 3.64. The number of hydrogen-bond donors (Lipinski definition) is 1. The molecule has 1 aliphatic rings. The van der Waals surface area contributed by atoms with E-state index in [4.69, 9.17) is 0 Å². The fraction of sp³-hybridized carbons (Fsp3) is 0. The minimum Gasteiger partial charge on any atom is -0.506 e. The molecule has 0 bridgehead atoms. The standard InChI is InChI=1S/C13H8N2O4S/c16-10-8-4-1-2-5-9(8)20(18,19)12(10)11(17)13-14-6-3-7-15-13/h1-7,16H. The molecular weight excluding hydrogens is 280 g/mol. The predicted molar refractivity (Wildman–Crippen MR) is 69.5 cm³/mol. The molecule has 20 heavy (non-hydrogen) atoms. The molecule has 3 rings (SSSR count). The lowest BCUT2D eigenvalue weighted by Crippen LogP contribution is -2.14. The number of allylic oxidation sites excluding steroid dienone is 1. The van der Waals surface area contributed by atoms with Gasteiger partial charge in [-0.1, -0.05) is 12.1 Å². The van der Waals surface area contributed by atoms with Crippen molar-refractivity contribution in [2.45, 2.75) is 4.90 Å². The second-order valence-corrected chi connectivity index (χ2v) is 5.93. The van der Waals surface area contributed by atoms with Crippen molar-refractivity contribution in [2.75, 3.05) is 0 Å². The number of sulfone groups is 1. The average Bonchev–Trinajstić information content (AvgIpc) is 2.67. The molecule has 0 radical (unpaired) electrons. The maximum atomic E-state index is 12.3. The maximum absolute atomic E-state index is 12.3. The van der Waals surface area contributed by atoms with Crippen LogP contribution < -0.4 is 0 Å². The monoisotopic (exact) mass is 288 g/mol. The van der Waals surface area contributed by atoms with E-state index < -0.39 is 26.3 Å². The van der Waals surface area contributed by atoms with Crippen molar-refractivity contribution in [3.8, 4) is 0 Å². The Bertz CT molecular complexity index is 842. The summed E-state index contributed by atoms with van der Waals surface area (Å²) < 4.78 is 24.6. The Labute approximate surface area is 114 Å². The molecule has 6 nitrogen and oxygen atoms in total. The summed E-state index contributed by atoms with van der Waals surface area (Å²) in [5.74, 6) is -1.75. The lowest BCUT2D eigenvalue weighted by atomic mass is 10.1. The maximum Gasteiger partial charge on any atom is 0.245 e. The first-order chi connectivity index (χ1) is 9.53. The number of ketones is 1. The third-order valence-corrected chi connectivity index (χ3v) is 4.74. The van der Waals surface area contributed by atoms with Gasteiger partial charge in [0, 0.05) is 18.0 Å². The van der Waals surface area contributed by atoms with Gasteiger partial charge in [-0.3, -0.25) is 4.79 Å². The van der Waals surface area contributed by atoms with Crippen molar-refractivity contribution in [1.29, 1.82) is 0 Å².